The highest BCUT2D eigenvalue weighted by molar-refractivity contribution is 6.32. The molecular weight excluding hydrogens is 264 g/mol. The van der Waals surface area contributed by atoms with Crippen molar-refractivity contribution in [2.24, 2.45) is 0 Å². The summed E-state index contributed by atoms with van der Waals surface area (Å²) in [4.78, 5) is 0. The molecule has 0 aromatic heterocycles. The van der Waals surface area contributed by atoms with Crippen LogP contribution in [-0.4, -0.2) is 44.0 Å². The fourth-order valence-electron chi connectivity index (χ4n) is 4.25. The molecule has 0 spiro atoms. The molecule has 4 heteroatoms. The third-order valence-corrected chi connectivity index (χ3v) is 7.76. The van der Waals surface area contributed by atoms with Gasteiger partial charge in [-0.3, -0.25) is 9.13 Å². The molecule has 3 fully saturated rings. The molecule has 0 radical (unpaired) electrons. The van der Waals surface area contributed by atoms with Crippen molar-refractivity contribution in [2.45, 2.75) is 96.0 Å². The van der Waals surface area contributed by atoms with Crippen LogP contribution >= 0.6 is 0 Å². The quantitative estimate of drug-likeness (QED) is 0.725. The van der Waals surface area contributed by atoms with Crippen LogP contribution in [-0.2, 0) is 4.74 Å². The average molecular weight is 297 g/mol. The SMILES string of the molecule is CCCOC1N(C2CCCCC2)[SiH2]N1C1CCCCC1. The molecule has 116 valence electrons. The third-order valence-electron chi connectivity index (χ3n) is 5.45. The van der Waals surface area contributed by atoms with Gasteiger partial charge in [0.25, 0.3) is 0 Å². The van der Waals surface area contributed by atoms with Crippen LogP contribution in [0.15, 0.2) is 0 Å². The van der Waals surface area contributed by atoms with Crippen LogP contribution in [0.2, 0.25) is 0 Å². The van der Waals surface area contributed by atoms with Gasteiger partial charge in [-0.25, -0.2) is 0 Å². The van der Waals surface area contributed by atoms with E-state index in [1.165, 1.54) is 64.2 Å². The molecule has 0 aromatic carbocycles. The zero-order valence-electron chi connectivity index (χ0n) is 13.2. The second kappa shape index (κ2) is 7.39. The number of hydrogen-bond acceptors (Lipinski definition) is 3. The predicted octanol–water partition coefficient (Wildman–Crippen LogP) is 2.98. The van der Waals surface area contributed by atoms with Gasteiger partial charge < -0.3 is 4.74 Å². The lowest BCUT2D eigenvalue weighted by Gasteiger charge is -2.57. The van der Waals surface area contributed by atoms with Gasteiger partial charge in [0.15, 0.2) is 16.2 Å². The first-order valence-electron chi connectivity index (χ1n) is 9.03. The van der Waals surface area contributed by atoms with Gasteiger partial charge in [-0.1, -0.05) is 45.4 Å². The average Bonchev–Trinajstić information content (AvgIpc) is 2.49. The number of hydrogen-bond donors (Lipinski definition) is 0. The van der Waals surface area contributed by atoms with E-state index in [1.54, 1.807) is 0 Å². The van der Waals surface area contributed by atoms with Crippen LogP contribution in [0.4, 0.5) is 0 Å². The molecular formula is C16H32N2OSi. The Labute approximate surface area is 127 Å². The zero-order valence-corrected chi connectivity index (χ0v) is 14.6. The van der Waals surface area contributed by atoms with E-state index in [-0.39, 0.29) is 9.84 Å². The Hall–Kier alpha value is 0.0969. The topological polar surface area (TPSA) is 15.7 Å². The maximum atomic E-state index is 6.25. The van der Waals surface area contributed by atoms with Gasteiger partial charge in [-0.15, -0.1) is 0 Å². The van der Waals surface area contributed by atoms with Crippen LogP contribution in [0.5, 0.6) is 0 Å². The van der Waals surface area contributed by atoms with E-state index < -0.39 is 0 Å². The highest BCUT2D eigenvalue weighted by atomic mass is 28.2. The Morgan fingerprint density at radius 2 is 1.35 bits per heavy atom. The maximum Gasteiger partial charge on any atom is 0.180 e. The highest BCUT2D eigenvalue weighted by Gasteiger charge is 2.44. The molecule has 0 atom stereocenters. The van der Waals surface area contributed by atoms with Crippen LogP contribution in [0.1, 0.15) is 77.6 Å². The fourth-order valence-corrected chi connectivity index (χ4v) is 6.43. The molecule has 0 amide bonds. The van der Waals surface area contributed by atoms with Crippen LogP contribution < -0.4 is 0 Å². The molecule has 2 saturated carbocycles. The van der Waals surface area contributed by atoms with Gasteiger partial charge >= 0.3 is 0 Å². The summed E-state index contributed by atoms with van der Waals surface area (Å²) in [6.07, 6.45) is 15.9. The van der Waals surface area contributed by atoms with Crippen LogP contribution in [0, 0.1) is 0 Å². The normalized spacial score (nSPS) is 32.5. The van der Waals surface area contributed by atoms with E-state index in [1.807, 2.05) is 0 Å². The molecule has 0 unspecified atom stereocenters. The fraction of sp³-hybridized carbons (Fsp3) is 1.00. The van der Waals surface area contributed by atoms with Gasteiger partial charge in [-0.05, 0) is 32.1 Å². The first kappa shape index (κ1) is 15.0. The molecule has 1 aliphatic heterocycles. The largest absolute Gasteiger partial charge is 0.351 e. The Morgan fingerprint density at radius 3 is 1.80 bits per heavy atom. The lowest BCUT2D eigenvalue weighted by Crippen LogP contribution is -2.73. The van der Waals surface area contributed by atoms with Gasteiger partial charge in [0.05, 0.1) is 0 Å². The molecule has 20 heavy (non-hydrogen) atoms. The van der Waals surface area contributed by atoms with Crippen molar-refractivity contribution < 1.29 is 4.74 Å². The number of rotatable bonds is 5. The monoisotopic (exact) mass is 296 g/mol. The summed E-state index contributed by atoms with van der Waals surface area (Å²) in [6, 6.07) is 1.72. The van der Waals surface area contributed by atoms with Crippen molar-refractivity contribution in [3.63, 3.8) is 0 Å². The summed E-state index contributed by atoms with van der Waals surface area (Å²) in [5.41, 5.74) is 0. The minimum Gasteiger partial charge on any atom is -0.351 e. The van der Waals surface area contributed by atoms with Crippen molar-refractivity contribution in [1.29, 1.82) is 0 Å². The van der Waals surface area contributed by atoms with Crippen molar-refractivity contribution in [3.8, 4) is 0 Å². The van der Waals surface area contributed by atoms with E-state index >= 15 is 0 Å². The Balaban J connectivity index is 1.57. The highest BCUT2D eigenvalue weighted by Crippen LogP contribution is 2.34. The zero-order chi connectivity index (χ0) is 13.8. The van der Waals surface area contributed by atoms with Crippen molar-refractivity contribution >= 4 is 9.84 Å². The molecule has 0 N–H and O–H groups in total. The van der Waals surface area contributed by atoms with E-state index in [2.05, 4.69) is 16.1 Å². The molecule has 2 aliphatic carbocycles. The lowest BCUT2D eigenvalue weighted by molar-refractivity contribution is -0.166. The van der Waals surface area contributed by atoms with Crippen molar-refractivity contribution in [2.75, 3.05) is 6.61 Å². The Kier molecular flexibility index (Phi) is 5.54. The minimum absolute atomic E-state index is 0.191. The summed E-state index contributed by atoms with van der Waals surface area (Å²) < 4.78 is 11.8. The minimum atomic E-state index is -0.191. The second-order valence-electron chi connectivity index (χ2n) is 6.95. The second-order valence-corrected chi connectivity index (χ2v) is 8.69. The van der Waals surface area contributed by atoms with Gasteiger partial charge in [0, 0.05) is 18.7 Å². The lowest BCUT2D eigenvalue weighted by atomic mass is 9.94. The summed E-state index contributed by atoms with van der Waals surface area (Å²) in [7, 11) is -0.191. The Bertz CT molecular complexity index is 266. The summed E-state index contributed by atoms with van der Waals surface area (Å²) in [5.74, 6) is 0. The summed E-state index contributed by atoms with van der Waals surface area (Å²) >= 11 is 0. The molecule has 1 heterocycles. The third kappa shape index (κ3) is 3.29. The first-order chi connectivity index (χ1) is 9.90. The molecule has 3 rings (SSSR count). The number of nitrogens with zero attached hydrogens (tertiary/aromatic N) is 2. The van der Waals surface area contributed by atoms with E-state index in [9.17, 15) is 0 Å². The van der Waals surface area contributed by atoms with E-state index in [0.717, 1.165) is 25.1 Å². The van der Waals surface area contributed by atoms with E-state index in [0.29, 0.717) is 6.35 Å². The smallest absolute Gasteiger partial charge is 0.180 e. The van der Waals surface area contributed by atoms with Crippen molar-refractivity contribution in [1.82, 2.24) is 9.13 Å². The predicted molar refractivity (Wildman–Crippen MR) is 86.0 cm³/mol. The van der Waals surface area contributed by atoms with E-state index in [4.69, 9.17) is 4.74 Å². The van der Waals surface area contributed by atoms with Gasteiger partial charge in [0.2, 0.25) is 0 Å². The summed E-state index contributed by atoms with van der Waals surface area (Å²) in [5, 5.41) is 0. The van der Waals surface area contributed by atoms with Crippen LogP contribution in [0.25, 0.3) is 0 Å². The molecule has 3 aliphatic rings. The standard InChI is InChI=1S/C16H32N2OSi/c1-2-13-19-16-17(14-9-5-3-6-10-14)20-18(16)15-11-7-4-8-12-15/h14-16H,2-13,20H2,1H3. The molecule has 1 saturated heterocycles. The first-order valence-corrected chi connectivity index (χ1v) is 10.3. The Morgan fingerprint density at radius 1 is 0.850 bits per heavy atom. The number of ether oxygens (including phenoxy) is 1. The molecule has 3 nitrogen and oxygen atoms in total. The summed E-state index contributed by atoms with van der Waals surface area (Å²) in [6.45, 7) is 3.16. The van der Waals surface area contributed by atoms with Crippen LogP contribution in [0.3, 0.4) is 0 Å². The van der Waals surface area contributed by atoms with Crippen molar-refractivity contribution in [3.05, 3.63) is 0 Å². The van der Waals surface area contributed by atoms with Gasteiger partial charge in [-0.2, -0.15) is 0 Å². The molecule has 0 bridgehead atoms. The van der Waals surface area contributed by atoms with Gasteiger partial charge in [0.1, 0.15) is 0 Å². The molecule has 0 aromatic rings. The maximum absolute atomic E-state index is 6.25.